The van der Waals surface area contributed by atoms with Crippen molar-refractivity contribution in [3.63, 3.8) is 0 Å². The smallest absolute Gasteiger partial charge is 0.203 e. The van der Waals surface area contributed by atoms with Crippen LogP contribution in [-0.4, -0.2) is 15.3 Å². The second kappa shape index (κ2) is 6.70. The van der Waals surface area contributed by atoms with Crippen molar-refractivity contribution in [1.29, 1.82) is 5.26 Å². The lowest BCUT2D eigenvalue weighted by molar-refractivity contribution is 0.930. The monoisotopic (exact) mass is 377 g/mol. The molecule has 1 heterocycles. The molecule has 2 aromatic carbocycles. The Morgan fingerprint density at radius 2 is 1.88 bits per heavy atom. The average Bonchev–Trinajstić information content (AvgIpc) is 2.90. The Hall–Kier alpha value is -2.26. The number of hydrogen-bond acceptors (Lipinski definition) is 4. The minimum Gasteiger partial charge on any atom is -0.325 e. The molecular weight excluding hydrogens is 369 g/mol. The number of hydrogen-bond donors (Lipinski definition) is 1. The third-order valence-corrected chi connectivity index (χ3v) is 4.44. The Bertz CT molecular complexity index is 1000. The van der Waals surface area contributed by atoms with Crippen LogP contribution in [0.2, 0.25) is 15.1 Å². The van der Waals surface area contributed by atoms with Gasteiger partial charge in [-0.1, -0.05) is 46.9 Å². The van der Waals surface area contributed by atoms with Gasteiger partial charge >= 0.3 is 0 Å². The van der Waals surface area contributed by atoms with E-state index in [9.17, 15) is 5.26 Å². The lowest BCUT2D eigenvalue weighted by Gasteiger charge is -2.06. The van der Waals surface area contributed by atoms with Crippen molar-refractivity contribution in [3.05, 3.63) is 57.3 Å². The highest BCUT2D eigenvalue weighted by atomic mass is 35.5. The number of imidazole rings is 1. The Morgan fingerprint density at radius 3 is 2.58 bits per heavy atom. The molecule has 0 unspecified atom stereocenters. The zero-order valence-corrected chi connectivity index (χ0v) is 14.7. The van der Waals surface area contributed by atoms with E-state index in [-0.39, 0.29) is 5.71 Å². The van der Waals surface area contributed by atoms with Gasteiger partial charge in [-0.3, -0.25) is 5.43 Å². The van der Waals surface area contributed by atoms with Gasteiger partial charge in [0.05, 0.1) is 31.8 Å². The molecule has 8 heteroatoms. The van der Waals surface area contributed by atoms with Crippen LogP contribution in [0.15, 0.2) is 41.5 Å². The van der Waals surface area contributed by atoms with Crippen LogP contribution in [0.3, 0.4) is 0 Å². The van der Waals surface area contributed by atoms with E-state index in [1.54, 1.807) is 10.6 Å². The minimum absolute atomic E-state index is 0.121. The molecule has 0 radical (unpaired) electrons. The molecule has 1 aromatic heterocycles. The third kappa shape index (κ3) is 3.04. The molecule has 3 aromatic rings. The molecule has 0 spiro atoms. The average molecular weight is 379 g/mol. The number of rotatable bonds is 3. The summed E-state index contributed by atoms with van der Waals surface area (Å²) < 4.78 is 1.80. The van der Waals surface area contributed by atoms with Crippen molar-refractivity contribution in [2.45, 2.75) is 0 Å². The summed E-state index contributed by atoms with van der Waals surface area (Å²) in [5.74, 6) is 0.447. The van der Waals surface area contributed by atoms with Gasteiger partial charge in [-0.25, -0.2) is 4.98 Å². The maximum absolute atomic E-state index is 9.42. The fourth-order valence-electron chi connectivity index (χ4n) is 2.21. The van der Waals surface area contributed by atoms with E-state index in [1.165, 1.54) is 6.07 Å². The summed E-state index contributed by atoms with van der Waals surface area (Å²) in [7, 11) is 1.82. The summed E-state index contributed by atoms with van der Waals surface area (Å²) in [5.41, 5.74) is 4.99. The van der Waals surface area contributed by atoms with E-state index in [2.05, 4.69) is 15.5 Å². The van der Waals surface area contributed by atoms with Gasteiger partial charge < -0.3 is 4.57 Å². The fourth-order valence-corrected chi connectivity index (χ4v) is 2.80. The van der Waals surface area contributed by atoms with Crippen LogP contribution in [-0.2, 0) is 7.05 Å². The summed E-state index contributed by atoms with van der Waals surface area (Å²) in [6.45, 7) is 0. The van der Waals surface area contributed by atoms with Crippen molar-refractivity contribution in [1.82, 2.24) is 9.55 Å². The first-order chi connectivity index (χ1) is 11.5. The highest BCUT2D eigenvalue weighted by molar-refractivity contribution is 6.44. The molecule has 0 amide bonds. The number of benzene rings is 2. The van der Waals surface area contributed by atoms with Gasteiger partial charge in [0, 0.05) is 7.05 Å². The highest BCUT2D eigenvalue weighted by Gasteiger charge is 2.14. The maximum atomic E-state index is 9.42. The standard InChI is InChI=1S/C16H10Cl3N5/c1-24-15-5-3-2-4-12(15)21-16(24)14(8-20)23-22-13-7-10(18)9(17)6-11(13)19/h2-7,22H,1H3/b23-14+. The summed E-state index contributed by atoms with van der Waals surface area (Å²) >= 11 is 18.0. The predicted octanol–water partition coefficient (Wildman–Crippen LogP) is 4.87. The van der Waals surface area contributed by atoms with E-state index < -0.39 is 0 Å². The third-order valence-electron chi connectivity index (χ3n) is 3.40. The summed E-state index contributed by atoms with van der Waals surface area (Å²) in [6, 6.07) is 12.7. The van der Waals surface area contributed by atoms with E-state index in [0.717, 1.165) is 11.0 Å². The zero-order chi connectivity index (χ0) is 17.3. The molecule has 0 bridgehead atoms. The van der Waals surface area contributed by atoms with E-state index in [4.69, 9.17) is 34.8 Å². The molecule has 120 valence electrons. The molecule has 0 aliphatic heterocycles. The van der Waals surface area contributed by atoms with Crippen LogP contribution >= 0.6 is 34.8 Å². The molecule has 0 fully saturated rings. The molecule has 0 atom stereocenters. The number of aryl methyl sites for hydroxylation is 1. The van der Waals surface area contributed by atoms with Crippen molar-refractivity contribution >= 4 is 57.2 Å². The first kappa shape index (κ1) is 16.6. The van der Waals surface area contributed by atoms with E-state index >= 15 is 0 Å². The van der Waals surface area contributed by atoms with Crippen LogP contribution in [0.25, 0.3) is 11.0 Å². The number of halogens is 3. The second-order valence-corrected chi connectivity index (χ2v) is 6.13. The number of anilines is 1. The van der Waals surface area contributed by atoms with E-state index in [1.807, 2.05) is 37.4 Å². The van der Waals surface area contributed by atoms with Crippen molar-refractivity contribution in [2.75, 3.05) is 5.43 Å². The Kier molecular flexibility index (Phi) is 4.63. The van der Waals surface area contributed by atoms with Gasteiger partial charge in [-0.2, -0.15) is 10.4 Å². The number of nitrogens with one attached hydrogen (secondary N) is 1. The molecule has 0 saturated heterocycles. The minimum atomic E-state index is 0.121. The number of hydrazone groups is 1. The number of para-hydroxylation sites is 2. The quantitative estimate of drug-likeness (QED) is 0.401. The Balaban J connectivity index is 1.99. The van der Waals surface area contributed by atoms with Crippen LogP contribution in [0.1, 0.15) is 5.82 Å². The number of aromatic nitrogens is 2. The van der Waals surface area contributed by atoms with Gasteiger partial charge in [0.2, 0.25) is 5.71 Å². The molecule has 0 aliphatic carbocycles. The van der Waals surface area contributed by atoms with Crippen LogP contribution in [0, 0.1) is 11.3 Å². The van der Waals surface area contributed by atoms with Gasteiger partial charge in [0.25, 0.3) is 0 Å². The molecule has 1 N–H and O–H groups in total. The topological polar surface area (TPSA) is 66.0 Å². The fraction of sp³-hybridized carbons (Fsp3) is 0.0625. The molecule has 24 heavy (non-hydrogen) atoms. The maximum Gasteiger partial charge on any atom is 0.203 e. The molecule has 0 aliphatic rings. The second-order valence-electron chi connectivity index (χ2n) is 4.91. The number of fused-ring (bicyclic) bond motifs is 1. The van der Waals surface area contributed by atoms with Gasteiger partial charge in [0.15, 0.2) is 5.82 Å². The van der Waals surface area contributed by atoms with Crippen LogP contribution in [0.4, 0.5) is 5.69 Å². The van der Waals surface area contributed by atoms with Gasteiger partial charge in [-0.05, 0) is 24.3 Å². The molecule has 3 rings (SSSR count). The van der Waals surface area contributed by atoms with Crippen LogP contribution < -0.4 is 5.43 Å². The first-order valence-corrected chi connectivity index (χ1v) is 7.95. The highest BCUT2D eigenvalue weighted by Crippen LogP contribution is 2.32. The van der Waals surface area contributed by atoms with Crippen molar-refractivity contribution in [3.8, 4) is 6.07 Å². The summed E-state index contributed by atoms with van der Waals surface area (Å²) in [5, 5.41) is 14.5. The Labute approximate surface area is 153 Å². The predicted molar refractivity (Wildman–Crippen MR) is 98.0 cm³/mol. The first-order valence-electron chi connectivity index (χ1n) is 6.81. The van der Waals surface area contributed by atoms with Crippen molar-refractivity contribution in [2.24, 2.45) is 12.1 Å². The lowest BCUT2D eigenvalue weighted by atomic mass is 10.3. The summed E-state index contributed by atoms with van der Waals surface area (Å²) in [6.07, 6.45) is 0. The van der Waals surface area contributed by atoms with Gasteiger partial charge in [0.1, 0.15) is 6.07 Å². The van der Waals surface area contributed by atoms with Crippen LogP contribution in [0.5, 0.6) is 0 Å². The molecule has 5 nitrogen and oxygen atoms in total. The zero-order valence-electron chi connectivity index (χ0n) is 12.4. The van der Waals surface area contributed by atoms with E-state index in [0.29, 0.717) is 26.6 Å². The lowest BCUT2D eigenvalue weighted by Crippen LogP contribution is -2.09. The SMILES string of the molecule is Cn1c(/C(C#N)=N/Nc2cc(Cl)c(Cl)cc2Cl)nc2ccccc21. The Morgan fingerprint density at radius 1 is 1.17 bits per heavy atom. The number of nitriles is 1. The van der Waals surface area contributed by atoms with Crippen molar-refractivity contribution < 1.29 is 0 Å². The normalized spacial score (nSPS) is 11.5. The van der Waals surface area contributed by atoms with Gasteiger partial charge in [-0.15, -0.1) is 0 Å². The molecular formula is C16H10Cl3N5. The number of nitrogens with zero attached hydrogens (tertiary/aromatic N) is 4. The molecule has 0 saturated carbocycles. The largest absolute Gasteiger partial charge is 0.325 e. The summed E-state index contributed by atoms with van der Waals surface area (Å²) in [4.78, 5) is 4.44.